The molecule has 4 rings (SSSR count). The molecule has 0 atom stereocenters. The predicted molar refractivity (Wildman–Crippen MR) is 128 cm³/mol. The molecule has 4 aromatic rings. The summed E-state index contributed by atoms with van der Waals surface area (Å²) in [4.78, 5) is 12.8. The molecule has 0 aliphatic heterocycles. The lowest BCUT2D eigenvalue weighted by molar-refractivity contribution is -0.115. The molecule has 2 aromatic heterocycles. The monoisotopic (exact) mass is 468 g/mol. The molecule has 31 heavy (non-hydrogen) atoms. The highest BCUT2D eigenvalue weighted by molar-refractivity contribution is 7.80. The van der Waals surface area contributed by atoms with Gasteiger partial charge >= 0.3 is 0 Å². The van der Waals surface area contributed by atoms with Crippen LogP contribution in [0, 0.1) is 0 Å². The van der Waals surface area contributed by atoms with Crippen LogP contribution >= 0.6 is 35.2 Å². The molecule has 1 amide bonds. The summed E-state index contributed by atoms with van der Waals surface area (Å²) in [6.45, 7) is 2.02. The van der Waals surface area contributed by atoms with E-state index in [1.807, 2.05) is 43.3 Å². The van der Waals surface area contributed by atoms with Gasteiger partial charge in [0.1, 0.15) is 5.01 Å². The number of hydrogen-bond donors (Lipinski definition) is 2. The van der Waals surface area contributed by atoms with Crippen LogP contribution in [0.2, 0.25) is 5.02 Å². The van der Waals surface area contributed by atoms with Gasteiger partial charge in [-0.3, -0.25) is 10.1 Å². The van der Waals surface area contributed by atoms with E-state index in [4.69, 9.17) is 23.8 Å². The average molecular weight is 469 g/mol. The molecule has 0 aliphatic carbocycles. The Kier molecular flexibility index (Phi) is 6.36. The lowest BCUT2D eigenvalue weighted by Crippen LogP contribution is -2.32. The van der Waals surface area contributed by atoms with Crippen LogP contribution in [0.4, 0.5) is 5.69 Å². The fourth-order valence-electron chi connectivity index (χ4n) is 2.75. The summed E-state index contributed by atoms with van der Waals surface area (Å²) < 4.78 is 1.77. The standard InChI is InChI=1S/C21H17ClN6OS2/c1-2-17-25-26-21-28(17)27-19(31-21)14-6-10-16(11-7-14)23-20(30)24-18(29)12-5-13-3-8-15(22)9-4-13/h3-12H,2H2,1H3,(H2,23,24,29,30). The third kappa shape index (κ3) is 5.13. The number of rotatable bonds is 5. The average Bonchev–Trinajstić information content (AvgIpc) is 3.34. The Bertz CT molecular complexity index is 1260. The molecule has 0 saturated heterocycles. The fraction of sp³-hybridized carbons (Fsp3) is 0.0952. The van der Waals surface area contributed by atoms with E-state index in [2.05, 4.69) is 25.9 Å². The maximum absolute atomic E-state index is 12.1. The van der Waals surface area contributed by atoms with Crippen molar-refractivity contribution < 1.29 is 4.79 Å². The highest BCUT2D eigenvalue weighted by Crippen LogP contribution is 2.26. The number of aryl methyl sites for hydroxylation is 1. The zero-order valence-corrected chi connectivity index (χ0v) is 18.8. The summed E-state index contributed by atoms with van der Waals surface area (Å²) in [5.41, 5.74) is 2.59. The number of hydrogen-bond acceptors (Lipinski definition) is 6. The Morgan fingerprint density at radius 2 is 1.90 bits per heavy atom. The highest BCUT2D eigenvalue weighted by Gasteiger charge is 2.12. The van der Waals surface area contributed by atoms with Crippen molar-refractivity contribution in [2.75, 3.05) is 5.32 Å². The summed E-state index contributed by atoms with van der Waals surface area (Å²) in [6.07, 6.45) is 3.87. The van der Waals surface area contributed by atoms with Crippen molar-refractivity contribution in [1.29, 1.82) is 0 Å². The van der Waals surface area contributed by atoms with Crippen molar-refractivity contribution in [3.63, 3.8) is 0 Å². The molecular weight excluding hydrogens is 452 g/mol. The van der Waals surface area contributed by atoms with Crippen LogP contribution in [0.15, 0.2) is 54.6 Å². The first-order chi connectivity index (χ1) is 15.0. The zero-order chi connectivity index (χ0) is 21.8. The van der Waals surface area contributed by atoms with Crippen molar-refractivity contribution >= 4 is 62.9 Å². The van der Waals surface area contributed by atoms with Gasteiger partial charge < -0.3 is 5.32 Å². The number of nitrogens with one attached hydrogen (secondary N) is 2. The topological polar surface area (TPSA) is 84.2 Å². The zero-order valence-electron chi connectivity index (χ0n) is 16.4. The van der Waals surface area contributed by atoms with Gasteiger partial charge in [0.2, 0.25) is 10.9 Å². The van der Waals surface area contributed by atoms with Crippen LogP contribution in [0.25, 0.3) is 21.6 Å². The summed E-state index contributed by atoms with van der Waals surface area (Å²) in [6, 6.07) is 14.8. The fourth-order valence-corrected chi connectivity index (χ4v) is 3.96. The third-order valence-electron chi connectivity index (χ3n) is 4.30. The molecule has 7 nitrogen and oxygen atoms in total. The molecule has 0 unspecified atom stereocenters. The summed E-state index contributed by atoms with van der Waals surface area (Å²) in [5.74, 6) is 0.512. The maximum Gasteiger partial charge on any atom is 0.250 e. The first-order valence-corrected chi connectivity index (χ1v) is 11.0. The van der Waals surface area contributed by atoms with Gasteiger partial charge in [0.25, 0.3) is 0 Å². The van der Waals surface area contributed by atoms with E-state index >= 15 is 0 Å². The van der Waals surface area contributed by atoms with Crippen LogP contribution in [-0.2, 0) is 11.2 Å². The van der Waals surface area contributed by atoms with Crippen LogP contribution in [0.3, 0.4) is 0 Å². The van der Waals surface area contributed by atoms with Gasteiger partial charge in [-0.05, 0) is 60.3 Å². The molecule has 0 aliphatic rings. The highest BCUT2D eigenvalue weighted by atomic mass is 35.5. The number of carbonyl (C=O) groups is 1. The largest absolute Gasteiger partial charge is 0.332 e. The van der Waals surface area contributed by atoms with Crippen molar-refractivity contribution in [2.45, 2.75) is 13.3 Å². The Morgan fingerprint density at radius 3 is 2.61 bits per heavy atom. The number of fused-ring (bicyclic) bond motifs is 1. The summed E-state index contributed by atoms with van der Waals surface area (Å²) in [7, 11) is 0. The molecule has 0 fully saturated rings. The lowest BCUT2D eigenvalue weighted by atomic mass is 10.2. The molecule has 2 heterocycles. The van der Waals surface area contributed by atoms with E-state index in [1.165, 1.54) is 17.4 Å². The first kappa shape index (κ1) is 21.1. The first-order valence-electron chi connectivity index (χ1n) is 9.39. The second kappa shape index (κ2) is 9.34. The molecular formula is C21H17ClN6OS2. The number of nitrogens with zero attached hydrogens (tertiary/aromatic N) is 4. The van der Waals surface area contributed by atoms with Crippen LogP contribution in [-0.4, -0.2) is 30.8 Å². The van der Waals surface area contributed by atoms with Crippen LogP contribution < -0.4 is 10.6 Å². The van der Waals surface area contributed by atoms with Crippen molar-refractivity contribution in [1.82, 2.24) is 25.1 Å². The van der Waals surface area contributed by atoms with Gasteiger partial charge in [-0.2, -0.15) is 9.61 Å². The number of anilines is 1. The molecule has 0 bridgehead atoms. The molecule has 0 saturated carbocycles. The molecule has 0 radical (unpaired) electrons. The van der Waals surface area contributed by atoms with E-state index < -0.39 is 0 Å². The second-order valence-electron chi connectivity index (χ2n) is 6.48. The van der Waals surface area contributed by atoms with Crippen molar-refractivity contribution in [3.05, 3.63) is 71.0 Å². The number of amides is 1. The van der Waals surface area contributed by atoms with Crippen molar-refractivity contribution in [3.8, 4) is 10.6 Å². The minimum Gasteiger partial charge on any atom is -0.332 e. The Labute approximate surface area is 192 Å². The Morgan fingerprint density at radius 1 is 1.16 bits per heavy atom. The quantitative estimate of drug-likeness (QED) is 0.329. The Hall–Kier alpha value is -3.14. The SMILES string of the molecule is CCc1nnc2sc(-c3ccc(NC(=S)NC(=O)C=Cc4ccc(Cl)cc4)cc3)nn12. The minimum absolute atomic E-state index is 0.213. The lowest BCUT2D eigenvalue weighted by Gasteiger charge is -2.08. The van der Waals surface area contributed by atoms with Crippen LogP contribution in [0.1, 0.15) is 18.3 Å². The number of benzene rings is 2. The molecule has 2 N–H and O–H groups in total. The number of thiocarbonyl (C=S) groups is 1. The van der Waals surface area contributed by atoms with Gasteiger partial charge in [-0.1, -0.05) is 42.0 Å². The molecule has 156 valence electrons. The van der Waals surface area contributed by atoms with Gasteiger partial charge in [0.15, 0.2) is 10.9 Å². The van der Waals surface area contributed by atoms with Gasteiger partial charge in [0.05, 0.1) is 0 Å². The van der Waals surface area contributed by atoms with Gasteiger partial charge in [0, 0.05) is 28.8 Å². The molecule has 10 heteroatoms. The second-order valence-corrected chi connectivity index (χ2v) is 8.28. The number of carbonyl (C=O) groups excluding carboxylic acids is 1. The normalized spacial score (nSPS) is 11.2. The Balaban J connectivity index is 1.35. The van der Waals surface area contributed by atoms with Gasteiger partial charge in [-0.15, -0.1) is 10.2 Å². The van der Waals surface area contributed by atoms with E-state index in [0.717, 1.165) is 39.0 Å². The molecule has 0 spiro atoms. The minimum atomic E-state index is -0.324. The maximum atomic E-state index is 12.1. The smallest absolute Gasteiger partial charge is 0.250 e. The van der Waals surface area contributed by atoms with Crippen LogP contribution in [0.5, 0.6) is 0 Å². The molecule has 2 aromatic carbocycles. The van der Waals surface area contributed by atoms with Crippen molar-refractivity contribution in [2.24, 2.45) is 0 Å². The van der Waals surface area contributed by atoms with E-state index in [1.54, 1.807) is 22.7 Å². The number of aromatic nitrogens is 4. The predicted octanol–water partition coefficient (Wildman–Crippen LogP) is 4.60. The van der Waals surface area contributed by atoms with E-state index in [9.17, 15) is 4.79 Å². The van der Waals surface area contributed by atoms with E-state index in [-0.39, 0.29) is 11.0 Å². The summed E-state index contributed by atoms with van der Waals surface area (Å²) >= 11 is 12.6. The third-order valence-corrected chi connectivity index (χ3v) is 5.70. The number of halogens is 1. The van der Waals surface area contributed by atoms with E-state index in [0.29, 0.717) is 5.02 Å². The van der Waals surface area contributed by atoms with Gasteiger partial charge in [-0.25, -0.2) is 0 Å². The summed E-state index contributed by atoms with van der Waals surface area (Å²) in [5, 5.41) is 20.2.